The van der Waals surface area contributed by atoms with Gasteiger partial charge in [-0.05, 0) is 31.4 Å². The van der Waals surface area contributed by atoms with Crippen LogP contribution in [0.4, 0.5) is 0 Å². The van der Waals surface area contributed by atoms with Crippen molar-refractivity contribution in [3.63, 3.8) is 0 Å². The van der Waals surface area contributed by atoms with Crippen LogP contribution in [0.5, 0.6) is 0 Å². The van der Waals surface area contributed by atoms with Crippen molar-refractivity contribution in [1.82, 2.24) is 9.88 Å². The molecule has 0 N–H and O–H groups in total. The minimum absolute atomic E-state index is 0.0556. The van der Waals surface area contributed by atoms with Gasteiger partial charge in [0, 0.05) is 24.2 Å². The predicted molar refractivity (Wildman–Crippen MR) is 102 cm³/mol. The molecule has 0 radical (unpaired) electrons. The lowest BCUT2D eigenvalue weighted by Crippen LogP contribution is -2.28. The average molecular weight is 346 g/mol. The molecule has 132 valence electrons. The molecule has 2 heterocycles. The number of carbonyl (C=O) groups is 1. The van der Waals surface area contributed by atoms with Crippen LogP contribution in [0.3, 0.4) is 0 Å². The first-order valence-electron chi connectivity index (χ1n) is 9.03. The van der Waals surface area contributed by atoms with Crippen LogP contribution < -0.4 is 0 Å². The average Bonchev–Trinajstić information content (AvgIpc) is 3.31. The lowest BCUT2D eigenvalue weighted by Gasteiger charge is -2.17. The molecule has 0 bridgehead atoms. The molecule has 1 aliphatic rings. The summed E-state index contributed by atoms with van der Waals surface area (Å²) in [6.45, 7) is 5.86. The fraction of sp³-hybridized carbons (Fsp3) is 0.273. The van der Waals surface area contributed by atoms with Crippen LogP contribution in [0.2, 0.25) is 0 Å². The largest absolute Gasteiger partial charge is 0.436 e. The molecular formula is C22H22N2O2. The van der Waals surface area contributed by atoms with Crippen LogP contribution >= 0.6 is 0 Å². The molecule has 26 heavy (non-hydrogen) atoms. The Labute approximate surface area is 153 Å². The zero-order valence-electron chi connectivity index (χ0n) is 15.1. The molecule has 1 unspecified atom stereocenters. The number of oxazole rings is 1. The van der Waals surface area contributed by atoms with E-state index in [-0.39, 0.29) is 5.91 Å². The molecule has 0 saturated carbocycles. The van der Waals surface area contributed by atoms with Gasteiger partial charge in [-0.3, -0.25) is 4.79 Å². The molecule has 4 rings (SSSR count). The molecule has 0 spiro atoms. The predicted octanol–water partition coefficient (Wildman–Crippen LogP) is 4.80. The van der Waals surface area contributed by atoms with E-state index in [2.05, 4.69) is 18.8 Å². The molecule has 2 aromatic carbocycles. The van der Waals surface area contributed by atoms with E-state index in [0.29, 0.717) is 23.1 Å². The fourth-order valence-electron chi connectivity index (χ4n) is 3.40. The van der Waals surface area contributed by atoms with Gasteiger partial charge in [0.15, 0.2) is 5.76 Å². The van der Waals surface area contributed by atoms with Crippen molar-refractivity contribution in [3.05, 3.63) is 65.9 Å². The molecule has 3 aromatic rings. The van der Waals surface area contributed by atoms with Crippen LogP contribution in [0, 0.1) is 12.8 Å². The number of rotatable bonds is 3. The van der Waals surface area contributed by atoms with E-state index in [1.807, 2.05) is 53.4 Å². The van der Waals surface area contributed by atoms with E-state index in [4.69, 9.17) is 4.42 Å². The van der Waals surface area contributed by atoms with Gasteiger partial charge in [-0.1, -0.05) is 48.9 Å². The van der Waals surface area contributed by atoms with Gasteiger partial charge >= 0.3 is 0 Å². The molecule has 1 aromatic heterocycles. The van der Waals surface area contributed by atoms with Crippen molar-refractivity contribution in [2.75, 3.05) is 13.1 Å². The first-order chi connectivity index (χ1) is 12.6. The van der Waals surface area contributed by atoms with Gasteiger partial charge in [0.2, 0.25) is 5.89 Å². The standard InChI is InChI=1S/C22H22N2O2/c1-15-7-9-17(10-8-15)20-13-23-21(26-20)18-5-3-4-6-19(18)22(25)24-12-11-16(2)14-24/h3-10,13,16H,11-12,14H2,1-2H3. The Morgan fingerprint density at radius 2 is 1.92 bits per heavy atom. The third kappa shape index (κ3) is 3.15. The number of nitrogens with zero attached hydrogens (tertiary/aromatic N) is 2. The van der Waals surface area contributed by atoms with E-state index in [1.165, 1.54) is 5.56 Å². The summed E-state index contributed by atoms with van der Waals surface area (Å²) < 4.78 is 5.99. The summed E-state index contributed by atoms with van der Waals surface area (Å²) in [5.74, 6) is 1.80. The minimum Gasteiger partial charge on any atom is -0.436 e. The van der Waals surface area contributed by atoms with Gasteiger partial charge < -0.3 is 9.32 Å². The summed E-state index contributed by atoms with van der Waals surface area (Å²) in [5.41, 5.74) is 3.57. The van der Waals surface area contributed by atoms with Gasteiger partial charge in [0.1, 0.15) is 0 Å². The number of likely N-dealkylation sites (tertiary alicyclic amines) is 1. The lowest BCUT2D eigenvalue weighted by atomic mass is 10.1. The highest BCUT2D eigenvalue weighted by Crippen LogP contribution is 2.30. The normalized spacial score (nSPS) is 16.8. The second-order valence-corrected chi connectivity index (χ2v) is 7.09. The van der Waals surface area contributed by atoms with Crippen molar-refractivity contribution in [2.45, 2.75) is 20.3 Å². The van der Waals surface area contributed by atoms with Crippen LogP contribution in [0.25, 0.3) is 22.8 Å². The van der Waals surface area contributed by atoms with Crippen LogP contribution in [0.15, 0.2) is 59.1 Å². The molecule has 1 aliphatic heterocycles. The third-order valence-electron chi connectivity index (χ3n) is 4.94. The Bertz CT molecular complexity index is 927. The Hall–Kier alpha value is -2.88. The van der Waals surface area contributed by atoms with Crippen molar-refractivity contribution < 1.29 is 9.21 Å². The second kappa shape index (κ2) is 6.79. The van der Waals surface area contributed by atoms with Crippen LogP contribution in [-0.4, -0.2) is 28.9 Å². The van der Waals surface area contributed by atoms with E-state index in [1.54, 1.807) is 6.20 Å². The zero-order valence-corrected chi connectivity index (χ0v) is 15.1. The zero-order chi connectivity index (χ0) is 18.1. The number of hydrogen-bond acceptors (Lipinski definition) is 3. The summed E-state index contributed by atoms with van der Waals surface area (Å²) in [7, 11) is 0. The van der Waals surface area contributed by atoms with E-state index >= 15 is 0 Å². The summed E-state index contributed by atoms with van der Waals surface area (Å²) in [6, 6.07) is 15.7. The Balaban J connectivity index is 1.67. The van der Waals surface area contributed by atoms with Crippen LogP contribution in [-0.2, 0) is 0 Å². The first kappa shape index (κ1) is 16.6. The topological polar surface area (TPSA) is 46.3 Å². The van der Waals surface area contributed by atoms with Gasteiger partial charge in [-0.2, -0.15) is 0 Å². The number of benzene rings is 2. The number of amides is 1. The highest BCUT2D eigenvalue weighted by atomic mass is 16.4. The summed E-state index contributed by atoms with van der Waals surface area (Å²) in [6.07, 6.45) is 2.78. The SMILES string of the molecule is Cc1ccc(-c2cnc(-c3ccccc3C(=O)N3CCC(C)C3)o2)cc1. The summed E-state index contributed by atoms with van der Waals surface area (Å²) in [5, 5.41) is 0. The molecule has 1 amide bonds. The van der Waals surface area contributed by atoms with Gasteiger partial charge in [-0.25, -0.2) is 4.98 Å². The Morgan fingerprint density at radius 3 is 2.65 bits per heavy atom. The van der Waals surface area contributed by atoms with Crippen LogP contribution in [0.1, 0.15) is 29.3 Å². The first-order valence-corrected chi connectivity index (χ1v) is 9.03. The summed E-state index contributed by atoms with van der Waals surface area (Å²) >= 11 is 0. The highest BCUT2D eigenvalue weighted by molar-refractivity contribution is 6.00. The molecule has 1 fully saturated rings. The van der Waals surface area contributed by atoms with Gasteiger partial charge in [0.25, 0.3) is 5.91 Å². The number of hydrogen-bond donors (Lipinski definition) is 0. The Kier molecular flexibility index (Phi) is 4.33. The maximum atomic E-state index is 13.0. The summed E-state index contributed by atoms with van der Waals surface area (Å²) in [4.78, 5) is 19.3. The fourth-order valence-corrected chi connectivity index (χ4v) is 3.40. The van der Waals surface area contributed by atoms with Crippen molar-refractivity contribution in [1.29, 1.82) is 0 Å². The maximum Gasteiger partial charge on any atom is 0.254 e. The third-order valence-corrected chi connectivity index (χ3v) is 4.94. The van der Waals surface area contributed by atoms with Gasteiger partial charge in [-0.15, -0.1) is 0 Å². The quantitative estimate of drug-likeness (QED) is 0.684. The lowest BCUT2D eigenvalue weighted by molar-refractivity contribution is 0.0788. The number of aromatic nitrogens is 1. The molecule has 0 aliphatic carbocycles. The second-order valence-electron chi connectivity index (χ2n) is 7.09. The number of carbonyl (C=O) groups excluding carboxylic acids is 1. The molecule has 4 heteroatoms. The monoisotopic (exact) mass is 346 g/mol. The molecular weight excluding hydrogens is 324 g/mol. The smallest absolute Gasteiger partial charge is 0.254 e. The van der Waals surface area contributed by atoms with E-state index in [0.717, 1.165) is 30.6 Å². The Morgan fingerprint density at radius 1 is 1.15 bits per heavy atom. The van der Waals surface area contributed by atoms with E-state index < -0.39 is 0 Å². The van der Waals surface area contributed by atoms with Crippen molar-refractivity contribution in [2.24, 2.45) is 5.92 Å². The van der Waals surface area contributed by atoms with E-state index in [9.17, 15) is 4.79 Å². The molecule has 1 atom stereocenters. The van der Waals surface area contributed by atoms with Crippen molar-refractivity contribution in [3.8, 4) is 22.8 Å². The minimum atomic E-state index is 0.0556. The highest BCUT2D eigenvalue weighted by Gasteiger charge is 2.26. The van der Waals surface area contributed by atoms with Crippen molar-refractivity contribution >= 4 is 5.91 Å². The molecule has 1 saturated heterocycles. The number of aryl methyl sites for hydroxylation is 1. The molecule has 4 nitrogen and oxygen atoms in total. The maximum absolute atomic E-state index is 13.0. The van der Waals surface area contributed by atoms with Gasteiger partial charge in [0.05, 0.1) is 11.8 Å².